The van der Waals surface area contributed by atoms with E-state index in [2.05, 4.69) is 5.32 Å². The van der Waals surface area contributed by atoms with E-state index in [1.807, 2.05) is 18.2 Å². The van der Waals surface area contributed by atoms with Crippen LogP contribution < -0.4 is 5.32 Å². The Balaban J connectivity index is 2.11. The number of hydrogen-bond donors (Lipinski definition) is 1. The topological polar surface area (TPSA) is 63.2 Å². The van der Waals surface area contributed by atoms with Crippen LogP contribution in [0.15, 0.2) is 53.4 Å². The van der Waals surface area contributed by atoms with Crippen LogP contribution in [0.1, 0.15) is 35.6 Å². The van der Waals surface area contributed by atoms with Crippen molar-refractivity contribution in [2.24, 2.45) is 0 Å². The zero-order chi connectivity index (χ0) is 17.2. The summed E-state index contributed by atoms with van der Waals surface area (Å²) in [7, 11) is -3.45. The lowest BCUT2D eigenvalue weighted by atomic mass is 9.95. The molecule has 6 heteroatoms. The maximum absolute atomic E-state index is 12.7. The Morgan fingerprint density at radius 3 is 2.50 bits per heavy atom. The minimum Gasteiger partial charge on any atom is -0.345 e. The van der Waals surface area contributed by atoms with Gasteiger partial charge in [-0.15, -0.1) is 11.6 Å². The molecule has 1 N–H and O–H groups in total. The number of nitrogens with one attached hydrogen (secondary N) is 1. The quantitative estimate of drug-likeness (QED) is 0.848. The molecule has 0 spiro atoms. The smallest absolute Gasteiger partial charge is 0.220 e. The molecule has 0 fully saturated rings. The minimum atomic E-state index is -3.45. The normalized spacial score (nSPS) is 18.1. The van der Waals surface area contributed by atoms with Crippen LogP contribution >= 0.6 is 11.6 Å². The van der Waals surface area contributed by atoms with E-state index < -0.39 is 15.9 Å². The first-order valence-electron chi connectivity index (χ1n) is 7.78. The average Bonchev–Trinajstić information content (AvgIpc) is 2.66. The van der Waals surface area contributed by atoms with E-state index in [4.69, 9.17) is 11.6 Å². The summed E-state index contributed by atoms with van der Waals surface area (Å²) in [5.74, 6) is 0.220. The molecule has 24 heavy (non-hydrogen) atoms. The molecule has 0 radical (unpaired) electrons. The highest BCUT2D eigenvalue weighted by Crippen LogP contribution is 2.36. The highest BCUT2D eigenvalue weighted by Gasteiger charge is 2.31. The monoisotopic (exact) mass is 363 g/mol. The number of benzene rings is 2. The molecule has 1 amide bonds. The average molecular weight is 364 g/mol. The molecule has 0 bridgehead atoms. The molecule has 0 saturated heterocycles. The third-order valence-electron chi connectivity index (χ3n) is 4.12. The van der Waals surface area contributed by atoms with Crippen molar-refractivity contribution in [1.29, 1.82) is 0 Å². The second kappa shape index (κ2) is 6.95. The van der Waals surface area contributed by atoms with E-state index in [-0.39, 0.29) is 16.6 Å². The summed E-state index contributed by atoms with van der Waals surface area (Å²) >= 11 is 5.65. The number of hydrogen-bond acceptors (Lipinski definition) is 3. The number of rotatable bonds is 4. The standard InChI is InChI=1S/C18H18ClNO3S/c19-11-5-10-17(21)20-18-14-7-2-1-6-13(14)12-24(22,23)16-9-4-3-8-15(16)18/h1-4,6-9,18H,5,10-12H2,(H,20,21). The number of alkyl halides is 1. The molecule has 2 aromatic carbocycles. The molecule has 1 aliphatic heterocycles. The summed E-state index contributed by atoms with van der Waals surface area (Å²) in [5.41, 5.74) is 2.16. The van der Waals surface area contributed by atoms with Crippen LogP contribution in [0, 0.1) is 0 Å². The van der Waals surface area contributed by atoms with E-state index in [1.54, 1.807) is 30.3 Å². The molecule has 1 aliphatic rings. The summed E-state index contributed by atoms with van der Waals surface area (Å²) in [6.45, 7) is 0. The van der Waals surface area contributed by atoms with Crippen LogP contribution in [0.4, 0.5) is 0 Å². The molecule has 3 rings (SSSR count). The van der Waals surface area contributed by atoms with Crippen LogP contribution in [-0.2, 0) is 20.4 Å². The second-order valence-electron chi connectivity index (χ2n) is 5.79. The minimum absolute atomic E-state index is 0.0613. The van der Waals surface area contributed by atoms with Crippen LogP contribution in [-0.4, -0.2) is 20.2 Å². The van der Waals surface area contributed by atoms with Crippen molar-refractivity contribution in [3.05, 3.63) is 65.2 Å². The maximum Gasteiger partial charge on any atom is 0.220 e. The molecule has 0 aromatic heterocycles. The van der Waals surface area contributed by atoms with Gasteiger partial charge in [-0.25, -0.2) is 8.42 Å². The van der Waals surface area contributed by atoms with Crippen molar-refractivity contribution in [3.8, 4) is 0 Å². The Labute approximate surface area is 146 Å². The predicted molar refractivity (Wildman–Crippen MR) is 93.7 cm³/mol. The Kier molecular flexibility index (Phi) is 4.92. The van der Waals surface area contributed by atoms with Crippen LogP contribution in [0.2, 0.25) is 0 Å². The number of carbonyl (C=O) groups excluding carboxylic acids is 1. The molecule has 0 saturated carbocycles. The lowest BCUT2D eigenvalue weighted by Gasteiger charge is -2.21. The molecule has 1 atom stereocenters. The first kappa shape index (κ1) is 17.0. The highest BCUT2D eigenvalue weighted by molar-refractivity contribution is 7.90. The summed E-state index contributed by atoms with van der Waals surface area (Å²) < 4.78 is 25.5. The number of halogens is 1. The Morgan fingerprint density at radius 1 is 1.08 bits per heavy atom. The van der Waals surface area contributed by atoms with Crippen molar-refractivity contribution < 1.29 is 13.2 Å². The maximum atomic E-state index is 12.7. The van der Waals surface area contributed by atoms with Gasteiger partial charge in [0.15, 0.2) is 9.84 Å². The van der Waals surface area contributed by atoms with Crippen molar-refractivity contribution in [2.75, 3.05) is 5.88 Å². The Hall–Kier alpha value is -1.85. The van der Waals surface area contributed by atoms with Crippen molar-refractivity contribution in [1.82, 2.24) is 5.32 Å². The van der Waals surface area contributed by atoms with Crippen LogP contribution in [0.5, 0.6) is 0 Å². The second-order valence-corrected chi connectivity index (χ2v) is 8.12. The summed E-state index contributed by atoms with van der Waals surface area (Å²) in [6.07, 6.45) is 0.902. The number of fused-ring (bicyclic) bond motifs is 2. The lowest BCUT2D eigenvalue weighted by Crippen LogP contribution is -2.29. The fourth-order valence-corrected chi connectivity index (χ4v) is 4.81. The van der Waals surface area contributed by atoms with Crippen molar-refractivity contribution in [2.45, 2.75) is 29.5 Å². The van der Waals surface area contributed by atoms with E-state index in [0.717, 1.165) is 11.1 Å². The molecule has 4 nitrogen and oxygen atoms in total. The molecule has 1 unspecified atom stereocenters. The molecular formula is C18H18ClNO3S. The highest BCUT2D eigenvalue weighted by atomic mass is 35.5. The van der Waals surface area contributed by atoms with Gasteiger partial charge in [-0.1, -0.05) is 42.5 Å². The number of sulfone groups is 1. The SMILES string of the molecule is O=C(CCCCl)NC1c2ccccc2CS(=O)(=O)c2ccccc21. The number of amides is 1. The first-order chi connectivity index (χ1) is 11.5. The molecule has 1 heterocycles. The molecule has 0 aliphatic carbocycles. The van der Waals surface area contributed by atoms with Crippen LogP contribution in [0.25, 0.3) is 0 Å². The van der Waals surface area contributed by atoms with Gasteiger partial charge in [-0.3, -0.25) is 4.79 Å². The molecule has 2 aromatic rings. The zero-order valence-corrected chi connectivity index (χ0v) is 14.6. The Bertz CT molecular complexity index is 864. The predicted octanol–water partition coefficient (Wildman–Crippen LogP) is 3.20. The van der Waals surface area contributed by atoms with Gasteiger partial charge in [-0.2, -0.15) is 0 Å². The van der Waals surface area contributed by atoms with E-state index in [9.17, 15) is 13.2 Å². The van der Waals surface area contributed by atoms with Gasteiger partial charge in [-0.05, 0) is 29.2 Å². The van der Waals surface area contributed by atoms with Gasteiger partial charge < -0.3 is 5.32 Å². The summed E-state index contributed by atoms with van der Waals surface area (Å²) in [6, 6.07) is 13.7. The van der Waals surface area contributed by atoms with Crippen molar-refractivity contribution in [3.63, 3.8) is 0 Å². The molecular weight excluding hydrogens is 346 g/mol. The van der Waals surface area contributed by atoms with E-state index >= 15 is 0 Å². The fourth-order valence-electron chi connectivity index (χ4n) is 3.02. The van der Waals surface area contributed by atoms with Crippen molar-refractivity contribution >= 4 is 27.3 Å². The summed E-state index contributed by atoms with van der Waals surface area (Å²) in [4.78, 5) is 12.5. The third kappa shape index (κ3) is 3.32. The Morgan fingerprint density at radius 2 is 1.75 bits per heavy atom. The number of carbonyl (C=O) groups is 1. The molecule has 126 valence electrons. The van der Waals surface area contributed by atoms with Crippen LogP contribution in [0.3, 0.4) is 0 Å². The largest absolute Gasteiger partial charge is 0.345 e. The first-order valence-corrected chi connectivity index (χ1v) is 9.96. The lowest BCUT2D eigenvalue weighted by molar-refractivity contribution is -0.121. The van der Waals surface area contributed by atoms with Gasteiger partial charge in [0.25, 0.3) is 0 Å². The van der Waals surface area contributed by atoms with Gasteiger partial charge in [0.1, 0.15) is 0 Å². The van der Waals surface area contributed by atoms with E-state index in [0.29, 0.717) is 24.3 Å². The fraction of sp³-hybridized carbons (Fsp3) is 0.278. The summed E-state index contributed by atoms with van der Waals surface area (Å²) in [5, 5.41) is 2.98. The van der Waals surface area contributed by atoms with Gasteiger partial charge >= 0.3 is 0 Å². The van der Waals surface area contributed by atoms with Gasteiger partial charge in [0.05, 0.1) is 16.7 Å². The van der Waals surface area contributed by atoms with Gasteiger partial charge in [0.2, 0.25) is 5.91 Å². The van der Waals surface area contributed by atoms with E-state index in [1.165, 1.54) is 0 Å². The van der Waals surface area contributed by atoms with Gasteiger partial charge in [0, 0.05) is 12.3 Å². The third-order valence-corrected chi connectivity index (χ3v) is 6.12. The zero-order valence-electron chi connectivity index (χ0n) is 13.0.